The van der Waals surface area contributed by atoms with Crippen LogP contribution in [0.3, 0.4) is 0 Å². The molecule has 2 bridgehead atoms. The third-order valence-corrected chi connectivity index (χ3v) is 9.79. The topological polar surface area (TPSA) is 138 Å². The van der Waals surface area contributed by atoms with E-state index in [1.807, 2.05) is 51.7 Å². The van der Waals surface area contributed by atoms with Crippen molar-refractivity contribution >= 4 is 11.8 Å². The first-order valence-corrected chi connectivity index (χ1v) is 15.0. The van der Waals surface area contributed by atoms with Crippen LogP contribution in [-0.2, 0) is 28.5 Å². The standard InChI is InChI=1S/C30H54N2O9/c1-12-22-29(8,36)24(34)20(6)32(11)15-16(2)14-28(7)25(18(4)30(37,41-28)19(5)26(35)39-22)40-27-23(33)21(31(9)10)13-17(3)38-27/h16-23,25,27,33,36-37H,12-15H2,1-11H3/t16-,17-,18-,19+,20-,21+,22-,23-,25-,27+,28+,29-,30+/m1/s1. The number of fused-ring (bicyclic) bond motifs is 2. The molecular formula is C30H54N2O9. The van der Waals surface area contributed by atoms with Crippen molar-refractivity contribution in [3.8, 4) is 0 Å². The first-order chi connectivity index (χ1) is 18.8. The molecule has 3 N–H and O–H groups in total. The summed E-state index contributed by atoms with van der Waals surface area (Å²) < 4.78 is 24.8. The third-order valence-electron chi connectivity index (χ3n) is 9.79. The molecule has 0 aliphatic carbocycles. The van der Waals surface area contributed by atoms with E-state index in [1.54, 1.807) is 20.8 Å². The average molecular weight is 587 g/mol. The number of carbonyl (C=O) groups is 2. The molecule has 0 aromatic heterocycles. The second-order valence-electron chi connectivity index (χ2n) is 13.6. The fourth-order valence-corrected chi connectivity index (χ4v) is 7.17. The van der Waals surface area contributed by atoms with E-state index in [2.05, 4.69) is 0 Å². The zero-order valence-corrected chi connectivity index (χ0v) is 26.8. The molecule has 0 radical (unpaired) electrons. The minimum absolute atomic E-state index is 0.0383. The van der Waals surface area contributed by atoms with Crippen LogP contribution < -0.4 is 0 Å². The summed E-state index contributed by atoms with van der Waals surface area (Å²) in [4.78, 5) is 30.7. The van der Waals surface area contributed by atoms with Gasteiger partial charge in [-0.3, -0.25) is 14.5 Å². The fourth-order valence-electron chi connectivity index (χ4n) is 7.17. The Morgan fingerprint density at radius 2 is 1.71 bits per heavy atom. The van der Waals surface area contributed by atoms with Gasteiger partial charge in [-0.15, -0.1) is 0 Å². The van der Waals surface area contributed by atoms with E-state index in [9.17, 15) is 24.9 Å². The first kappa shape index (κ1) is 34.3. The van der Waals surface area contributed by atoms with Crippen molar-refractivity contribution in [3.63, 3.8) is 0 Å². The van der Waals surface area contributed by atoms with E-state index in [0.29, 0.717) is 19.4 Å². The van der Waals surface area contributed by atoms with Crippen LogP contribution in [0.15, 0.2) is 0 Å². The molecule has 3 aliphatic rings. The lowest BCUT2D eigenvalue weighted by Crippen LogP contribution is -2.57. The molecule has 0 unspecified atom stereocenters. The number of esters is 1. The minimum atomic E-state index is -1.99. The maximum absolute atomic E-state index is 13.5. The van der Waals surface area contributed by atoms with Crippen LogP contribution in [0.2, 0.25) is 0 Å². The van der Waals surface area contributed by atoms with Gasteiger partial charge >= 0.3 is 5.97 Å². The van der Waals surface area contributed by atoms with Crippen molar-refractivity contribution in [2.45, 2.75) is 134 Å². The van der Waals surface area contributed by atoms with E-state index in [4.69, 9.17) is 18.9 Å². The summed E-state index contributed by atoms with van der Waals surface area (Å²) in [6, 6.07) is -0.830. The number of likely N-dealkylation sites (N-methyl/N-ethyl adjacent to an activating group) is 2. The van der Waals surface area contributed by atoms with E-state index < -0.39 is 71.2 Å². The molecule has 3 saturated heterocycles. The number of ketones is 1. The predicted molar refractivity (Wildman–Crippen MR) is 152 cm³/mol. The van der Waals surface area contributed by atoms with Gasteiger partial charge in [0.1, 0.15) is 18.1 Å². The molecule has 0 amide bonds. The molecule has 41 heavy (non-hydrogen) atoms. The van der Waals surface area contributed by atoms with Gasteiger partial charge < -0.3 is 39.2 Å². The van der Waals surface area contributed by atoms with Crippen LogP contribution in [0.25, 0.3) is 0 Å². The molecule has 0 aromatic rings. The van der Waals surface area contributed by atoms with Crippen LogP contribution in [0.1, 0.15) is 74.7 Å². The molecule has 11 heteroatoms. The van der Waals surface area contributed by atoms with Crippen LogP contribution in [0, 0.1) is 17.8 Å². The van der Waals surface area contributed by atoms with Crippen LogP contribution in [0.5, 0.6) is 0 Å². The normalized spacial score (nSPS) is 49.1. The number of hydrogen-bond donors (Lipinski definition) is 3. The second kappa shape index (κ2) is 12.4. The minimum Gasteiger partial charge on any atom is -0.458 e. The molecule has 0 saturated carbocycles. The maximum Gasteiger partial charge on any atom is 0.314 e. The Bertz CT molecular complexity index is 947. The zero-order chi connectivity index (χ0) is 31.2. The Balaban J connectivity index is 2.04. The van der Waals surface area contributed by atoms with Gasteiger partial charge in [0, 0.05) is 18.5 Å². The molecule has 3 fully saturated rings. The number of Topliss-reactive ketones (excluding diaryl/α,β-unsaturated/α-hetero) is 1. The van der Waals surface area contributed by atoms with Gasteiger partial charge in [-0.25, -0.2) is 0 Å². The largest absolute Gasteiger partial charge is 0.458 e. The lowest BCUT2D eigenvalue weighted by atomic mass is 9.80. The molecule has 238 valence electrons. The number of carbonyl (C=O) groups excluding carboxylic acids is 2. The van der Waals surface area contributed by atoms with E-state index in [0.717, 1.165) is 0 Å². The molecule has 11 nitrogen and oxygen atoms in total. The Morgan fingerprint density at radius 3 is 2.27 bits per heavy atom. The van der Waals surface area contributed by atoms with Gasteiger partial charge in [0.05, 0.1) is 23.9 Å². The monoisotopic (exact) mass is 586 g/mol. The Hall–Kier alpha value is -1.18. The summed E-state index contributed by atoms with van der Waals surface area (Å²) in [5.74, 6) is -5.15. The maximum atomic E-state index is 13.5. The Labute approximate surface area is 245 Å². The molecule has 0 spiro atoms. The van der Waals surface area contributed by atoms with Crippen molar-refractivity contribution < 1.29 is 43.9 Å². The van der Waals surface area contributed by atoms with E-state index >= 15 is 0 Å². The van der Waals surface area contributed by atoms with Gasteiger partial charge in [-0.2, -0.15) is 0 Å². The van der Waals surface area contributed by atoms with Gasteiger partial charge in [0.2, 0.25) is 0 Å². The number of nitrogens with zero attached hydrogens (tertiary/aromatic N) is 2. The SMILES string of the molecule is CC[C@H]1OC(=O)[C@H](C)[C@@]2(O)O[C@@](C)(C[C@@H](C)CN(C)[C@H](C)C(=O)[C@]1(C)O)[C@H](O[C@@H]1O[C@H](C)C[C@H](N(C)C)[C@H]1O)[C@H]2C. The lowest BCUT2D eigenvalue weighted by Gasteiger charge is -2.44. The molecule has 3 heterocycles. The fraction of sp³-hybridized carbons (Fsp3) is 0.933. The van der Waals surface area contributed by atoms with E-state index in [1.165, 1.54) is 13.8 Å². The van der Waals surface area contributed by atoms with Gasteiger partial charge in [0.15, 0.2) is 23.5 Å². The molecule has 13 atom stereocenters. The average Bonchev–Trinajstić information content (AvgIpc) is 3.06. The van der Waals surface area contributed by atoms with Gasteiger partial charge in [-0.1, -0.05) is 20.8 Å². The number of rotatable bonds is 4. The molecule has 0 aromatic carbocycles. The Kier molecular flexibility index (Phi) is 10.4. The summed E-state index contributed by atoms with van der Waals surface area (Å²) >= 11 is 0. The molecule has 3 rings (SSSR count). The van der Waals surface area contributed by atoms with Crippen molar-refractivity contribution in [2.75, 3.05) is 27.7 Å². The highest BCUT2D eigenvalue weighted by Gasteiger charge is 2.64. The third kappa shape index (κ3) is 6.52. The quantitative estimate of drug-likeness (QED) is 0.414. The number of ether oxygens (including phenoxy) is 4. The highest BCUT2D eigenvalue weighted by atomic mass is 16.7. The summed E-state index contributed by atoms with van der Waals surface area (Å²) in [7, 11) is 5.62. The summed E-state index contributed by atoms with van der Waals surface area (Å²) in [5.41, 5.74) is -3.00. The predicted octanol–water partition coefficient (Wildman–Crippen LogP) is 1.55. The van der Waals surface area contributed by atoms with Crippen molar-refractivity contribution in [3.05, 3.63) is 0 Å². The first-order valence-electron chi connectivity index (χ1n) is 15.0. The smallest absolute Gasteiger partial charge is 0.314 e. The molecular weight excluding hydrogens is 532 g/mol. The van der Waals surface area contributed by atoms with Gasteiger partial charge in [-0.05, 0) is 80.9 Å². The highest BCUT2D eigenvalue weighted by molar-refractivity contribution is 5.92. The van der Waals surface area contributed by atoms with Crippen LogP contribution in [-0.4, -0.2) is 124 Å². The number of cyclic esters (lactones) is 1. The van der Waals surface area contributed by atoms with Crippen molar-refractivity contribution in [1.29, 1.82) is 0 Å². The molecule has 3 aliphatic heterocycles. The summed E-state index contributed by atoms with van der Waals surface area (Å²) in [5, 5.41) is 34.5. The van der Waals surface area contributed by atoms with Gasteiger partial charge in [0.25, 0.3) is 0 Å². The second-order valence-corrected chi connectivity index (χ2v) is 13.6. The van der Waals surface area contributed by atoms with Crippen LogP contribution in [0.4, 0.5) is 0 Å². The number of hydrogen-bond acceptors (Lipinski definition) is 11. The van der Waals surface area contributed by atoms with Crippen LogP contribution >= 0.6 is 0 Å². The highest BCUT2D eigenvalue weighted by Crippen LogP contribution is 2.50. The van der Waals surface area contributed by atoms with Crippen molar-refractivity contribution in [1.82, 2.24) is 9.80 Å². The summed E-state index contributed by atoms with van der Waals surface area (Å²) in [6.07, 6.45) is -2.69. The van der Waals surface area contributed by atoms with E-state index in [-0.39, 0.29) is 24.5 Å². The lowest BCUT2D eigenvalue weighted by molar-refractivity contribution is -0.286. The number of aliphatic hydroxyl groups is 3. The Morgan fingerprint density at radius 1 is 1.10 bits per heavy atom. The van der Waals surface area contributed by atoms with Crippen molar-refractivity contribution in [2.24, 2.45) is 17.8 Å². The number of aliphatic hydroxyl groups excluding tert-OH is 1. The zero-order valence-electron chi connectivity index (χ0n) is 26.8. The summed E-state index contributed by atoms with van der Waals surface area (Å²) in [6.45, 7) is 14.4.